The van der Waals surface area contributed by atoms with Gasteiger partial charge in [-0.05, 0) is 62.8 Å². The van der Waals surface area contributed by atoms with Gasteiger partial charge >= 0.3 is 12.0 Å². The van der Waals surface area contributed by atoms with Crippen LogP contribution in [0.4, 0.5) is 4.79 Å². The number of likely N-dealkylation sites (tertiary alicyclic amines) is 1. The summed E-state index contributed by atoms with van der Waals surface area (Å²) >= 11 is 1.73. The summed E-state index contributed by atoms with van der Waals surface area (Å²) in [4.78, 5) is 27.7. The van der Waals surface area contributed by atoms with Crippen molar-refractivity contribution in [2.75, 3.05) is 19.7 Å². The van der Waals surface area contributed by atoms with E-state index in [-0.39, 0.29) is 24.0 Å². The smallest absolute Gasteiger partial charge is 0.317 e. The van der Waals surface area contributed by atoms with Gasteiger partial charge in [-0.2, -0.15) is 0 Å². The van der Waals surface area contributed by atoms with Crippen molar-refractivity contribution < 1.29 is 14.3 Å². The summed E-state index contributed by atoms with van der Waals surface area (Å²) < 4.78 is 5.12. The Hall–Kier alpha value is -1.56. The number of carbonyl (C=O) groups excluding carboxylic acids is 2. The Balaban J connectivity index is 1.43. The Kier molecular flexibility index (Phi) is 6.34. The summed E-state index contributed by atoms with van der Waals surface area (Å²) in [6, 6.07) is 4.47. The Morgan fingerprint density at radius 3 is 2.76 bits per heavy atom. The Morgan fingerprint density at radius 2 is 2.08 bits per heavy atom. The molecule has 1 unspecified atom stereocenters. The number of esters is 1. The SMILES string of the molecule is CCOC(=O)C1CCC(CNC(=O)N2CCCC2c2cccs2)CC1. The molecule has 6 heteroatoms. The minimum absolute atomic E-state index is 0.0497. The van der Waals surface area contributed by atoms with Crippen molar-refractivity contribution in [3.8, 4) is 0 Å². The summed E-state index contributed by atoms with van der Waals surface area (Å²) in [5.41, 5.74) is 0. The number of nitrogens with zero attached hydrogens (tertiary/aromatic N) is 1. The zero-order valence-electron chi connectivity index (χ0n) is 14.9. The normalized spacial score (nSPS) is 26.4. The third-order valence-electron chi connectivity index (χ3n) is 5.39. The first-order valence-electron chi connectivity index (χ1n) is 9.43. The number of hydrogen-bond donors (Lipinski definition) is 1. The van der Waals surface area contributed by atoms with Crippen molar-refractivity contribution in [2.24, 2.45) is 11.8 Å². The first kappa shape index (κ1) is 18.2. The van der Waals surface area contributed by atoms with Crippen LogP contribution in [-0.4, -0.2) is 36.6 Å². The van der Waals surface area contributed by atoms with E-state index < -0.39 is 0 Å². The molecule has 25 heavy (non-hydrogen) atoms. The van der Waals surface area contributed by atoms with Crippen LogP contribution in [0.1, 0.15) is 56.4 Å². The van der Waals surface area contributed by atoms with E-state index in [4.69, 9.17) is 4.74 Å². The van der Waals surface area contributed by atoms with Crippen LogP contribution in [0.15, 0.2) is 17.5 Å². The fraction of sp³-hybridized carbons (Fsp3) is 0.684. The lowest BCUT2D eigenvalue weighted by molar-refractivity contribution is -0.149. The van der Waals surface area contributed by atoms with E-state index in [1.54, 1.807) is 11.3 Å². The van der Waals surface area contributed by atoms with Gasteiger partial charge in [-0.15, -0.1) is 11.3 Å². The second kappa shape index (κ2) is 8.70. The van der Waals surface area contributed by atoms with Crippen LogP contribution in [0.25, 0.3) is 0 Å². The molecule has 0 bridgehead atoms. The number of urea groups is 1. The third-order valence-corrected chi connectivity index (χ3v) is 6.37. The molecule has 3 rings (SSSR count). The molecule has 0 spiro atoms. The van der Waals surface area contributed by atoms with Gasteiger partial charge in [0.1, 0.15) is 0 Å². The van der Waals surface area contributed by atoms with Crippen LogP contribution < -0.4 is 5.32 Å². The van der Waals surface area contributed by atoms with E-state index in [1.165, 1.54) is 4.88 Å². The summed E-state index contributed by atoms with van der Waals surface area (Å²) in [5, 5.41) is 5.21. The Bertz CT molecular complexity index is 567. The van der Waals surface area contributed by atoms with Gasteiger partial charge in [-0.25, -0.2) is 4.79 Å². The number of ether oxygens (including phenoxy) is 1. The van der Waals surface area contributed by atoms with Gasteiger partial charge < -0.3 is 15.0 Å². The molecule has 1 aromatic heterocycles. The first-order valence-corrected chi connectivity index (χ1v) is 10.3. The highest BCUT2D eigenvalue weighted by molar-refractivity contribution is 7.10. The van der Waals surface area contributed by atoms with E-state index in [9.17, 15) is 9.59 Å². The zero-order chi connectivity index (χ0) is 17.6. The van der Waals surface area contributed by atoms with Gasteiger partial charge in [0.05, 0.1) is 18.6 Å². The van der Waals surface area contributed by atoms with Gasteiger partial charge in [0.15, 0.2) is 0 Å². The molecular weight excluding hydrogens is 336 g/mol. The molecule has 138 valence electrons. The van der Waals surface area contributed by atoms with Crippen LogP contribution in [0.2, 0.25) is 0 Å². The molecule has 1 N–H and O–H groups in total. The van der Waals surface area contributed by atoms with Gasteiger partial charge in [-0.1, -0.05) is 6.07 Å². The van der Waals surface area contributed by atoms with Crippen LogP contribution in [0.3, 0.4) is 0 Å². The van der Waals surface area contributed by atoms with Gasteiger partial charge in [-0.3, -0.25) is 4.79 Å². The minimum Gasteiger partial charge on any atom is -0.466 e. The van der Waals surface area contributed by atoms with Crippen molar-refractivity contribution in [3.63, 3.8) is 0 Å². The summed E-state index contributed by atoms with van der Waals surface area (Å²) in [6.07, 6.45) is 5.84. The molecule has 1 saturated carbocycles. The number of hydrogen-bond acceptors (Lipinski definition) is 4. The molecule has 1 atom stereocenters. The average molecular weight is 365 g/mol. The number of carbonyl (C=O) groups is 2. The fourth-order valence-corrected chi connectivity index (χ4v) is 4.86. The molecule has 0 aromatic carbocycles. The lowest BCUT2D eigenvalue weighted by Gasteiger charge is -2.29. The fourth-order valence-electron chi connectivity index (χ4n) is 3.98. The molecule has 0 radical (unpaired) electrons. The van der Waals surface area contributed by atoms with Crippen LogP contribution >= 0.6 is 11.3 Å². The van der Waals surface area contributed by atoms with Crippen molar-refractivity contribution in [2.45, 2.75) is 51.5 Å². The molecule has 1 aromatic rings. The molecule has 2 fully saturated rings. The van der Waals surface area contributed by atoms with Gasteiger partial charge in [0.25, 0.3) is 0 Å². The predicted molar refractivity (Wildman–Crippen MR) is 98.5 cm³/mol. The second-order valence-electron chi connectivity index (χ2n) is 7.02. The highest BCUT2D eigenvalue weighted by Gasteiger charge is 2.32. The quantitative estimate of drug-likeness (QED) is 0.805. The van der Waals surface area contributed by atoms with E-state index in [2.05, 4.69) is 22.8 Å². The zero-order valence-corrected chi connectivity index (χ0v) is 15.7. The number of rotatable bonds is 5. The average Bonchev–Trinajstić information content (AvgIpc) is 3.31. The van der Waals surface area contributed by atoms with Crippen molar-refractivity contribution in [1.29, 1.82) is 0 Å². The topological polar surface area (TPSA) is 58.6 Å². The monoisotopic (exact) mass is 364 g/mol. The Morgan fingerprint density at radius 1 is 1.28 bits per heavy atom. The van der Waals surface area contributed by atoms with E-state index >= 15 is 0 Å². The molecular formula is C19H28N2O3S. The van der Waals surface area contributed by atoms with Crippen molar-refractivity contribution in [3.05, 3.63) is 22.4 Å². The highest BCUT2D eigenvalue weighted by Crippen LogP contribution is 2.34. The predicted octanol–water partition coefficient (Wildman–Crippen LogP) is 3.96. The summed E-state index contributed by atoms with van der Waals surface area (Å²) in [7, 11) is 0. The van der Waals surface area contributed by atoms with E-state index in [1.807, 2.05) is 11.8 Å². The molecule has 5 nitrogen and oxygen atoms in total. The standard InChI is InChI=1S/C19H28N2O3S/c1-2-24-18(22)15-9-7-14(8-10-15)13-20-19(23)21-11-3-5-16(21)17-6-4-12-25-17/h4,6,12,14-16H,2-3,5,7-11,13H2,1H3,(H,20,23). The minimum atomic E-state index is -0.0548. The number of nitrogens with one attached hydrogen (secondary N) is 1. The van der Waals surface area contributed by atoms with Crippen LogP contribution in [0, 0.1) is 11.8 Å². The maximum Gasteiger partial charge on any atom is 0.317 e. The first-order chi connectivity index (χ1) is 12.2. The lowest BCUT2D eigenvalue weighted by Crippen LogP contribution is -2.42. The van der Waals surface area contributed by atoms with Gasteiger partial charge in [0, 0.05) is 18.0 Å². The maximum atomic E-state index is 12.6. The van der Waals surface area contributed by atoms with Crippen LogP contribution in [0.5, 0.6) is 0 Å². The molecule has 1 aliphatic heterocycles. The second-order valence-corrected chi connectivity index (χ2v) is 8.00. The third kappa shape index (κ3) is 4.54. The summed E-state index contributed by atoms with van der Waals surface area (Å²) in [6.45, 7) is 3.85. The molecule has 2 heterocycles. The lowest BCUT2D eigenvalue weighted by atomic mass is 9.82. The van der Waals surface area contributed by atoms with Gasteiger partial charge in [0.2, 0.25) is 0 Å². The van der Waals surface area contributed by atoms with Crippen LogP contribution in [-0.2, 0) is 9.53 Å². The maximum absolute atomic E-state index is 12.6. The van der Waals surface area contributed by atoms with Crippen molar-refractivity contribution in [1.82, 2.24) is 10.2 Å². The summed E-state index contributed by atoms with van der Waals surface area (Å²) in [5.74, 6) is 0.465. The highest BCUT2D eigenvalue weighted by atomic mass is 32.1. The van der Waals surface area contributed by atoms with E-state index in [0.717, 1.165) is 45.1 Å². The molecule has 2 amide bonds. The molecule has 1 aliphatic carbocycles. The number of amides is 2. The Labute approximate surface area is 153 Å². The largest absolute Gasteiger partial charge is 0.466 e. The molecule has 2 aliphatic rings. The molecule has 1 saturated heterocycles. The van der Waals surface area contributed by atoms with E-state index in [0.29, 0.717) is 19.1 Å². The van der Waals surface area contributed by atoms with Crippen molar-refractivity contribution >= 4 is 23.3 Å². The number of thiophene rings is 1.